The lowest BCUT2D eigenvalue weighted by atomic mass is 9.97. The Morgan fingerprint density at radius 2 is 0.904 bits per heavy atom. The van der Waals surface area contributed by atoms with Crippen LogP contribution < -0.4 is 5.32 Å². The zero-order valence-electron chi connectivity index (χ0n) is 45.9. The molecule has 2 aliphatic rings. The van der Waals surface area contributed by atoms with Gasteiger partial charge in [-0.05, 0) is 51.4 Å². The summed E-state index contributed by atoms with van der Waals surface area (Å²) in [6, 6.07) is -0.909. The van der Waals surface area contributed by atoms with E-state index in [2.05, 4.69) is 43.5 Å². The van der Waals surface area contributed by atoms with Gasteiger partial charge in [0.25, 0.3) is 0 Å². The van der Waals surface area contributed by atoms with E-state index >= 15 is 0 Å². The van der Waals surface area contributed by atoms with E-state index in [0.717, 1.165) is 57.8 Å². The molecule has 0 aromatic heterocycles. The van der Waals surface area contributed by atoms with Crippen LogP contribution in [0.15, 0.2) is 36.5 Å². The molecule has 14 nitrogen and oxygen atoms in total. The fraction of sp³-hybridized carbons (Fsp3) is 0.881. The standard InChI is InChI=1S/C59H109NO13/c1-3-5-7-9-11-12-13-14-15-16-17-18-19-20-21-22-23-24-25-26-27-28-29-30-31-32-33-34-35-36-37-39-41-43-51(64)60-47(48(63)42-40-38-10-8-6-4-2)46-70-58-56(69)54(67)57(50(45-62)72-58)73-59-55(68)53(66)52(65)49(44-61)71-59/h13-14,16-17,40,42,47-50,52-59,61-63,65-69H,3-12,15,18-39,41,43-46H2,1-2H3,(H,60,64)/b14-13-,17-16-,42-40+. The number of rotatable bonds is 47. The monoisotopic (exact) mass is 1040 g/mol. The maximum absolute atomic E-state index is 13.1. The maximum Gasteiger partial charge on any atom is 0.220 e. The average Bonchev–Trinajstić information content (AvgIpc) is 3.39. The number of aliphatic hydroxyl groups excluding tert-OH is 8. The van der Waals surface area contributed by atoms with Crippen molar-refractivity contribution in [2.24, 2.45) is 0 Å². The number of hydrogen-bond donors (Lipinski definition) is 9. The van der Waals surface area contributed by atoms with Crippen LogP contribution in [-0.2, 0) is 23.7 Å². The largest absolute Gasteiger partial charge is 0.394 e. The highest BCUT2D eigenvalue weighted by Crippen LogP contribution is 2.30. The van der Waals surface area contributed by atoms with Crippen molar-refractivity contribution < 1.29 is 64.6 Å². The number of carbonyl (C=O) groups is 1. The number of hydrogen-bond acceptors (Lipinski definition) is 13. The average molecular weight is 1040 g/mol. The summed E-state index contributed by atoms with van der Waals surface area (Å²) in [4.78, 5) is 13.1. The normalized spacial score (nSPS) is 25.6. The minimum Gasteiger partial charge on any atom is -0.394 e. The zero-order valence-corrected chi connectivity index (χ0v) is 45.9. The molecule has 2 fully saturated rings. The number of allylic oxidation sites excluding steroid dienone is 5. The highest BCUT2D eigenvalue weighted by atomic mass is 16.7. The van der Waals surface area contributed by atoms with Gasteiger partial charge in [0.15, 0.2) is 12.6 Å². The molecule has 0 saturated carbocycles. The van der Waals surface area contributed by atoms with Gasteiger partial charge in [-0.15, -0.1) is 0 Å². The first-order valence-electron chi connectivity index (χ1n) is 29.7. The van der Waals surface area contributed by atoms with Crippen LogP contribution in [0.3, 0.4) is 0 Å². The molecule has 1 amide bonds. The second kappa shape index (κ2) is 45.3. The third-order valence-electron chi connectivity index (χ3n) is 14.6. The van der Waals surface area contributed by atoms with Gasteiger partial charge in [-0.1, -0.05) is 217 Å². The Labute approximate surface area is 442 Å². The Hall–Kier alpha value is -1.79. The number of nitrogens with one attached hydrogen (secondary N) is 1. The van der Waals surface area contributed by atoms with Gasteiger partial charge in [-0.2, -0.15) is 0 Å². The van der Waals surface area contributed by atoms with Crippen LogP contribution in [0.4, 0.5) is 0 Å². The number of carbonyl (C=O) groups excluding carboxylic acids is 1. The molecule has 0 radical (unpaired) electrons. The summed E-state index contributed by atoms with van der Waals surface area (Å²) in [5.74, 6) is -0.242. The van der Waals surface area contributed by atoms with Gasteiger partial charge in [0.1, 0.15) is 48.8 Å². The first kappa shape index (κ1) is 67.3. The summed E-state index contributed by atoms with van der Waals surface area (Å²) in [7, 11) is 0. The second-order valence-electron chi connectivity index (χ2n) is 21.1. The lowest BCUT2D eigenvalue weighted by Crippen LogP contribution is -2.65. The summed E-state index contributed by atoms with van der Waals surface area (Å²) in [5, 5.41) is 86.5. The number of aliphatic hydroxyl groups is 8. The van der Waals surface area contributed by atoms with Crippen LogP contribution in [0.2, 0.25) is 0 Å². The van der Waals surface area contributed by atoms with Crippen molar-refractivity contribution in [2.75, 3.05) is 19.8 Å². The summed E-state index contributed by atoms with van der Waals surface area (Å²) in [5.41, 5.74) is 0. The van der Waals surface area contributed by atoms with Gasteiger partial charge >= 0.3 is 0 Å². The molecule has 2 rings (SSSR count). The first-order valence-corrected chi connectivity index (χ1v) is 29.7. The highest BCUT2D eigenvalue weighted by molar-refractivity contribution is 5.76. The summed E-state index contributed by atoms with van der Waals surface area (Å²) < 4.78 is 22.6. The molecular weight excluding hydrogens is 931 g/mol. The molecule has 428 valence electrons. The molecule has 2 heterocycles. The smallest absolute Gasteiger partial charge is 0.220 e. The molecule has 12 atom stereocenters. The predicted octanol–water partition coefficient (Wildman–Crippen LogP) is 9.83. The second-order valence-corrected chi connectivity index (χ2v) is 21.1. The number of amides is 1. The van der Waals surface area contributed by atoms with E-state index in [1.54, 1.807) is 6.08 Å². The molecule has 0 aromatic rings. The fourth-order valence-corrected chi connectivity index (χ4v) is 9.73. The van der Waals surface area contributed by atoms with Crippen molar-refractivity contribution in [2.45, 2.75) is 312 Å². The third-order valence-corrected chi connectivity index (χ3v) is 14.6. The number of ether oxygens (including phenoxy) is 4. The molecule has 2 saturated heterocycles. The van der Waals surface area contributed by atoms with Gasteiger partial charge < -0.3 is 65.1 Å². The van der Waals surface area contributed by atoms with Crippen LogP contribution in [-0.4, -0.2) is 140 Å². The van der Waals surface area contributed by atoms with Crippen LogP contribution in [0.5, 0.6) is 0 Å². The van der Waals surface area contributed by atoms with E-state index < -0.39 is 86.8 Å². The lowest BCUT2D eigenvalue weighted by Gasteiger charge is -2.46. The van der Waals surface area contributed by atoms with Gasteiger partial charge in [0, 0.05) is 6.42 Å². The predicted molar refractivity (Wildman–Crippen MR) is 291 cm³/mol. The Kier molecular flexibility index (Phi) is 41.7. The van der Waals surface area contributed by atoms with Crippen molar-refractivity contribution in [3.8, 4) is 0 Å². The quantitative estimate of drug-likeness (QED) is 0.0205. The van der Waals surface area contributed by atoms with Crippen molar-refractivity contribution in [1.29, 1.82) is 0 Å². The van der Waals surface area contributed by atoms with Crippen molar-refractivity contribution in [3.63, 3.8) is 0 Å². The van der Waals surface area contributed by atoms with Crippen LogP contribution in [0.1, 0.15) is 239 Å². The molecule has 0 aromatic carbocycles. The van der Waals surface area contributed by atoms with Gasteiger partial charge in [0.2, 0.25) is 5.91 Å². The van der Waals surface area contributed by atoms with Gasteiger partial charge in [-0.3, -0.25) is 4.79 Å². The lowest BCUT2D eigenvalue weighted by molar-refractivity contribution is -0.359. The van der Waals surface area contributed by atoms with E-state index in [1.807, 2.05) is 6.08 Å². The molecule has 14 heteroatoms. The molecule has 0 bridgehead atoms. The minimum atomic E-state index is -1.79. The number of unbranched alkanes of at least 4 members (excludes halogenated alkanes) is 30. The van der Waals surface area contributed by atoms with Crippen LogP contribution >= 0.6 is 0 Å². The SMILES string of the molecule is CCCCCC/C=C/C(O)C(COC1OC(CO)C(OC2OC(CO)C(O)C(O)C2O)C(O)C1O)NC(=O)CCCCCCCCCCCCCCCCCCCCCCC/C=C\C/C=C\CCCCCCC. The molecule has 9 N–H and O–H groups in total. The van der Waals surface area contributed by atoms with Crippen LogP contribution in [0, 0.1) is 0 Å². The molecule has 12 unspecified atom stereocenters. The van der Waals surface area contributed by atoms with Crippen molar-refractivity contribution >= 4 is 5.91 Å². The van der Waals surface area contributed by atoms with E-state index in [9.17, 15) is 45.6 Å². The maximum atomic E-state index is 13.1. The van der Waals surface area contributed by atoms with Crippen molar-refractivity contribution in [1.82, 2.24) is 5.32 Å². The summed E-state index contributed by atoms with van der Waals surface area (Å²) in [6.45, 7) is 2.70. The third kappa shape index (κ3) is 31.3. The Balaban J connectivity index is 1.54. The van der Waals surface area contributed by atoms with E-state index in [4.69, 9.17) is 18.9 Å². The topological polar surface area (TPSA) is 228 Å². The highest BCUT2D eigenvalue weighted by Gasteiger charge is 2.51. The van der Waals surface area contributed by atoms with Gasteiger partial charge in [-0.25, -0.2) is 0 Å². The first-order chi connectivity index (χ1) is 35.6. The Morgan fingerprint density at radius 3 is 1.38 bits per heavy atom. The molecular formula is C59H109NO13. The molecule has 0 spiro atoms. The summed E-state index contributed by atoms with van der Waals surface area (Å²) >= 11 is 0. The minimum absolute atomic E-state index is 0.242. The van der Waals surface area contributed by atoms with E-state index in [0.29, 0.717) is 6.42 Å². The van der Waals surface area contributed by atoms with E-state index in [1.165, 1.54) is 154 Å². The fourth-order valence-electron chi connectivity index (χ4n) is 9.73. The molecule has 0 aliphatic carbocycles. The van der Waals surface area contributed by atoms with Gasteiger partial charge in [0.05, 0.1) is 32.0 Å². The Bertz CT molecular complexity index is 1370. The van der Waals surface area contributed by atoms with E-state index in [-0.39, 0.29) is 18.9 Å². The van der Waals surface area contributed by atoms with Crippen LogP contribution in [0.25, 0.3) is 0 Å². The van der Waals surface area contributed by atoms with Crippen molar-refractivity contribution in [3.05, 3.63) is 36.5 Å². The Morgan fingerprint density at radius 1 is 0.493 bits per heavy atom. The molecule has 2 aliphatic heterocycles. The molecule has 73 heavy (non-hydrogen) atoms. The zero-order chi connectivity index (χ0) is 53.2. The summed E-state index contributed by atoms with van der Waals surface area (Å²) in [6.07, 6.45) is 38.4.